The highest BCUT2D eigenvalue weighted by Crippen LogP contribution is 2.20. The average molecular weight is 261 g/mol. The number of rotatable bonds is 3. The molecule has 0 bridgehead atoms. The van der Waals surface area contributed by atoms with Crippen LogP contribution in [0, 0.1) is 17.1 Å². The van der Waals surface area contributed by atoms with Gasteiger partial charge < -0.3 is 5.32 Å². The van der Waals surface area contributed by atoms with Gasteiger partial charge in [-0.25, -0.2) is 4.39 Å². The first-order chi connectivity index (χ1) is 8.70. The van der Waals surface area contributed by atoms with Crippen LogP contribution in [0.25, 0.3) is 0 Å². The molecule has 90 valence electrons. The van der Waals surface area contributed by atoms with Crippen LogP contribution in [0.2, 0.25) is 5.02 Å². The molecule has 0 atom stereocenters. The molecule has 0 fully saturated rings. The van der Waals surface area contributed by atoms with Crippen molar-refractivity contribution >= 4 is 17.3 Å². The van der Waals surface area contributed by atoms with Crippen LogP contribution in [0.1, 0.15) is 11.1 Å². The van der Waals surface area contributed by atoms with Gasteiger partial charge in [0.05, 0.1) is 16.7 Å². The van der Waals surface area contributed by atoms with E-state index in [2.05, 4.69) is 11.4 Å². The average Bonchev–Trinajstić information content (AvgIpc) is 2.40. The fraction of sp³-hybridized carbons (Fsp3) is 0.0714. The highest BCUT2D eigenvalue weighted by molar-refractivity contribution is 6.31. The van der Waals surface area contributed by atoms with Gasteiger partial charge in [0.2, 0.25) is 0 Å². The summed E-state index contributed by atoms with van der Waals surface area (Å²) in [5.74, 6) is -0.445. The van der Waals surface area contributed by atoms with E-state index in [9.17, 15) is 4.39 Å². The minimum atomic E-state index is -0.445. The predicted octanol–water partition coefficient (Wildman–Crippen LogP) is 3.96. The van der Waals surface area contributed by atoms with E-state index < -0.39 is 5.82 Å². The second-order valence-corrected chi connectivity index (χ2v) is 4.16. The molecule has 0 spiro atoms. The van der Waals surface area contributed by atoms with E-state index in [0.29, 0.717) is 17.8 Å². The van der Waals surface area contributed by atoms with Gasteiger partial charge in [0.1, 0.15) is 5.82 Å². The van der Waals surface area contributed by atoms with Crippen molar-refractivity contribution in [2.45, 2.75) is 6.54 Å². The SMILES string of the molecule is N#Cc1ccccc1CNc1ccc(F)c(Cl)c1. The quantitative estimate of drug-likeness (QED) is 0.907. The number of benzene rings is 2. The molecule has 0 amide bonds. The lowest BCUT2D eigenvalue weighted by molar-refractivity contribution is 0.628. The van der Waals surface area contributed by atoms with E-state index in [1.54, 1.807) is 12.1 Å². The van der Waals surface area contributed by atoms with E-state index in [1.165, 1.54) is 12.1 Å². The Morgan fingerprint density at radius 3 is 2.72 bits per heavy atom. The first-order valence-corrected chi connectivity index (χ1v) is 5.75. The molecule has 18 heavy (non-hydrogen) atoms. The highest BCUT2D eigenvalue weighted by atomic mass is 35.5. The number of halogens is 2. The van der Waals surface area contributed by atoms with Crippen LogP contribution in [0.15, 0.2) is 42.5 Å². The smallest absolute Gasteiger partial charge is 0.141 e. The zero-order chi connectivity index (χ0) is 13.0. The van der Waals surface area contributed by atoms with Gasteiger partial charge in [-0.2, -0.15) is 5.26 Å². The predicted molar refractivity (Wildman–Crippen MR) is 69.9 cm³/mol. The Morgan fingerprint density at radius 1 is 1.22 bits per heavy atom. The molecule has 2 nitrogen and oxygen atoms in total. The number of nitrogens with one attached hydrogen (secondary N) is 1. The van der Waals surface area contributed by atoms with Gasteiger partial charge in [-0.15, -0.1) is 0 Å². The second-order valence-electron chi connectivity index (χ2n) is 3.75. The molecular formula is C14H10ClFN2. The Morgan fingerprint density at radius 2 is 2.00 bits per heavy atom. The molecule has 0 radical (unpaired) electrons. The summed E-state index contributed by atoms with van der Waals surface area (Å²) < 4.78 is 13.0. The van der Waals surface area contributed by atoms with Crippen LogP contribution in [-0.4, -0.2) is 0 Å². The molecule has 1 N–H and O–H groups in total. The van der Waals surface area contributed by atoms with Crippen LogP contribution >= 0.6 is 11.6 Å². The first kappa shape index (κ1) is 12.4. The minimum Gasteiger partial charge on any atom is -0.381 e. The summed E-state index contributed by atoms with van der Waals surface area (Å²) in [5.41, 5.74) is 2.23. The molecule has 2 aromatic carbocycles. The number of hydrogen-bond donors (Lipinski definition) is 1. The van der Waals surface area contributed by atoms with Crippen molar-refractivity contribution in [3.8, 4) is 6.07 Å². The van der Waals surface area contributed by atoms with Crippen molar-refractivity contribution in [3.63, 3.8) is 0 Å². The van der Waals surface area contributed by atoms with E-state index in [-0.39, 0.29) is 5.02 Å². The monoisotopic (exact) mass is 260 g/mol. The van der Waals surface area contributed by atoms with Gasteiger partial charge in [0.15, 0.2) is 0 Å². The van der Waals surface area contributed by atoms with Crippen LogP contribution in [-0.2, 0) is 6.54 Å². The van der Waals surface area contributed by atoms with E-state index in [0.717, 1.165) is 5.56 Å². The minimum absolute atomic E-state index is 0.0774. The van der Waals surface area contributed by atoms with Gasteiger partial charge in [-0.1, -0.05) is 29.8 Å². The zero-order valence-corrected chi connectivity index (χ0v) is 10.2. The molecule has 0 saturated heterocycles. The molecule has 2 rings (SSSR count). The largest absolute Gasteiger partial charge is 0.381 e. The Bertz CT molecular complexity index is 605. The third kappa shape index (κ3) is 2.79. The van der Waals surface area contributed by atoms with E-state index >= 15 is 0 Å². The Labute approximate surface area is 110 Å². The maximum atomic E-state index is 13.0. The fourth-order valence-corrected chi connectivity index (χ4v) is 1.77. The summed E-state index contributed by atoms with van der Waals surface area (Å²) in [6, 6.07) is 13.9. The first-order valence-electron chi connectivity index (χ1n) is 5.37. The summed E-state index contributed by atoms with van der Waals surface area (Å²) in [6.45, 7) is 0.492. The topological polar surface area (TPSA) is 35.8 Å². The molecule has 0 aliphatic carbocycles. The van der Waals surface area contributed by atoms with Crippen LogP contribution in [0.3, 0.4) is 0 Å². The summed E-state index contributed by atoms with van der Waals surface area (Å²) in [5, 5.41) is 12.1. The van der Waals surface area contributed by atoms with Gasteiger partial charge in [0, 0.05) is 12.2 Å². The van der Waals surface area contributed by atoms with E-state index in [4.69, 9.17) is 16.9 Å². The third-order valence-corrected chi connectivity index (χ3v) is 2.83. The Balaban J connectivity index is 2.12. The van der Waals surface area contributed by atoms with Crippen LogP contribution in [0.4, 0.5) is 10.1 Å². The number of anilines is 1. The molecular weight excluding hydrogens is 251 g/mol. The van der Waals surface area contributed by atoms with Crippen molar-refractivity contribution in [3.05, 3.63) is 64.4 Å². The molecule has 2 aromatic rings. The van der Waals surface area contributed by atoms with Crippen LogP contribution in [0.5, 0.6) is 0 Å². The maximum absolute atomic E-state index is 13.0. The molecule has 0 aliphatic heterocycles. The number of nitriles is 1. The fourth-order valence-electron chi connectivity index (χ4n) is 1.59. The molecule has 0 aromatic heterocycles. The summed E-state index contributed by atoms with van der Waals surface area (Å²) in [4.78, 5) is 0. The molecule has 4 heteroatoms. The number of hydrogen-bond acceptors (Lipinski definition) is 2. The van der Waals surface area contributed by atoms with E-state index in [1.807, 2.05) is 18.2 Å². The third-order valence-electron chi connectivity index (χ3n) is 2.54. The molecule has 0 unspecified atom stereocenters. The molecule has 0 aliphatic rings. The normalized spacial score (nSPS) is 9.83. The lowest BCUT2D eigenvalue weighted by Crippen LogP contribution is -2.01. The zero-order valence-electron chi connectivity index (χ0n) is 9.45. The van der Waals surface area contributed by atoms with Crippen molar-refractivity contribution in [2.24, 2.45) is 0 Å². The maximum Gasteiger partial charge on any atom is 0.141 e. The van der Waals surface area contributed by atoms with Crippen molar-refractivity contribution in [1.29, 1.82) is 5.26 Å². The van der Waals surface area contributed by atoms with Crippen LogP contribution < -0.4 is 5.32 Å². The highest BCUT2D eigenvalue weighted by Gasteiger charge is 2.03. The Kier molecular flexibility index (Phi) is 3.81. The molecule has 0 saturated carbocycles. The standard InChI is InChI=1S/C14H10ClFN2/c15-13-7-12(5-6-14(13)16)18-9-11-4-2-1-3-10(11)8-17/h1-7,18H,9H2. The summed E-state index contributed by atoms with van der Waals surface area (Å²) >= 11 is 5.69. The van der Waals surface area contributed by atoms with Gasteiger partial charge in [-0.05, 0) is 29.8 Å². The summed E-state index contributed by atoms with van der Waals surface area (Å²) in [7, 11) is 0. The van der Waals surface area contributed by atoms with Gasteiger partial charge in [-0.3, -0.25) is 0 Å². The second kappa shape index (κ2) is 5.52. The lowest BCUT2D eigenvalue weighted by atomic mass is 10.1. The van der Waals surface area contributed by atoms with Crippen molar-refractivity contribution in [2.75, 3.05) is 5.32 Å². The van der Waals surface area contributed by atoms with Gasteiger partial charge in [0.25, 0.3) is 0 Å². The number of nitrogens with zero attached hydrogens (tertiary/aromatic N) is 1. The van der Waals surface area contributed by atoms with Crippen molar-refractivity contribution in [1.82, 2.24) is 0 Å². The Hall–Kier alpha value is -2.05. The molecule has 0 heterocycles. The van der Waals surface area contributed by atoms with Gasteiger partial charge >= 0.3 is 0 Å². The summed E-state index contributed by atoms with van der Waals surface area (Å²) in [6.07, 6.45) is 0. The lowest BCUT2D eigenvalue weighted by Gasteiger charge is -2.08. The van der Waals surface area contributed by atoms with Crippen molar-refractivity contribution < 1.29 is 4.39 Å².